The summed E-state index contributed by atoms with van der Waals surface area (Å²) in [7, 11) is 0. The Morgan fingerprint density at radius 2 is 2.10 bits per heavy atom. The number of amides is 1. The minimum atomic E-state index is -0.342. The number of benzene rings is 1. The second-order valence-corrected chi connectivity index (χ2v) is 4.01. The zero-order valence-corrected chi connectivity index (χ0v) is 10.8. The Kier molecular flexibility index (Phi) is 3.54. The number of carbonyl (C=O) groups is 1. The maximum absolute atomic E-state index is 11.7. The molecule has 0 spiro atoms. The molecular weight excluding hydrogens is 274 g/mol. The number of nitrogens with one attached hydrogen (secondary N) is 2. The van der Waals surface area contributed by atoms with Crippen LogP contribution in [-0.2, 0) is 4.79 Å². The number of H-pyrrole nitrogens is 1. The van der Waals surface area contributed by atoms with E-state index in [0.717, 1.165) is 5.69 Å². The van der Waals surface area contributed by atoms with Crippen molar-refractivity contribution < 1.29 is 9.53 Å². The molecule has 0 radical (unpaired) electrons. The standard InChI is InChI=1S/C12H11N7O2/c20-11(17-12-13-6-14-18-12)5-21-10-4-2-1-3-9(10)19-7-15-16-8-19/h1-4,6-8H,5H2,(H2,13,14,17,18,20). The van der Waals surface area contributed by atoms with Gasteiger partial charge in [-0.25, -0.2) is 5.10 Å². The number of aromatic nitrogens is 6. The molecule has 9 nitrogen and oxygen atoms in total. The molecule has 0 fully saturated rings. The first kappa shape index (κ1) is 12.8. The van der Waals surface area contributed by atoms with Gasteiger partial charge in [0.05, 0.1) is 5.69 Å². The summed E-state index contributed by atoms with van der Waals surface area (Å²) >= 11 is 0. The molecule has 0 aliphatic heterocycles. The van der Waals surface area contributed by atoms with Gasteiger partial charge in [0.25, 0.3) is 5.91 Å². The van der Waals surface area contributed by atoms with Crippen LogP contribution in [0.5, 0.6) is 5.75 Å². The van der Waals surface area contributed by atoms with E-state index in [0.29, 0.717) is 5.75 Å². The molecule has 0 bridgehead atoms. The van der Waals surface area contributed by atoms with Crippen molar-refractivity contribution >= 4 is 11.9 Å². The fourth-order valence-corrected chi connectivity index (χ4v) is 1.69. The van der Waals surface area contributed by atoms with Gasteiger partial charge in [-0.05, 0) is 12.1 Å². The molecule has 9 heteroatoms. The Hall–Kier alpha value is -3.23. The van der Waals surface area contributed by atoms with E-state index in [4.69, 9.17) is 4.74 Å². The number of aromatic amines is 1. The molecule has 3 rings (SSSR count). The topological polar surface area (TPSA) is 111 Å². The molecule has 1 aromatic carbocycles. The Labute approximate surface area is 119 Å². The molecule has 0 saturated carbocycles. The number of nitrogens with zero attached hydrogens (tertiary/aromatic N) is 5. The van der Waals surface area contributed by atoms with E-state index in [9.17, 15) is 4.79 Å². The fraction of sp³-hybridized carbons (Fsp3) is 0.0833. The van der Waals surface area contributed by atoms with Crippen LogP contribution in [0.3, 0.4) is 0 Å². The van der Waals surface area contributed by atoms with Crippen LogP contribution in [0.4, 0.5) is 5.95 Å². The van der Waals surface area contributed by atoms with Gasteiger partial charge in [-0.3, -0.25) is 14.7 Å². The molecule has 0 saturated heterocycles. The molecule has 2 heterocycles. The normalized spacial score (nSPS) is 10.3. The van der Waals surface area contributed by atoms with Crippen molar-refractivity contribution in [1.29, 1.82) is 0 Å². The molecule has 0 unspecified atom stereocenters. The van der Waals surface area contributed by atoms with Crippen molar-refractivity contribution in [3.8, 4) is 11.4 Å². The van der Waals surface area contributed by atoms with Crippen LogP contribution in [0.1, 0.15) is 0 Å². The number of hydrogen-bond donors (Lipinski definition) is 2. The first-order valence-corrected chi connectivity index (χ1v) is 6.05. The Balaban J connectivity index is 1.67. The monoisotopic (exact) mass is 285 g/mol. The molecule has 0 aliphatic carbocycles. The van der Waals surface area contributed by atoms with Gasteiger partial charge in [0, 0.05) is 0 Å². The quantitative estimate of drug-likeness (QED) is 0.702. The number of anilines is 1. The lowest BCUT2D eigenvalue weighted by molar-refractivity contribution is -0.118. The lowest BCUT2D eigenvalue weighted by Gasteiger charge is -2.10. The predicted octanol–water partition coefficient (Wildman–Crippen LogP) is 0.403. The molecule has 3 aromatic rings. The molecule has 1 amide bonds. The third-order valence-corrected chi connectivity index (χ3v) is 2.59. The van der Waals surface area contributed by atoms with Gasteiger partial charge >= 0.3 is 0 Å². The van der Waals surface area contributed by atoms with Gasteiger partial charge in [0.15, 0.2) is 6.61 Å². The summed E-state index contributed by atoms with van der Waals surface area (Å²) in [5.74, 6) is 0.478. The van der Waals surface area contributed by atoms with Gasteiger partial charge in [0.2, 0.25) is 5.95 Å². The maximum atomic E-state index is 11.7. The number of ether oxygens (including phenoxy) is 1. The molecule has 0 aliphatic rings. The van der Waals surface area contributed by atoms with Crippen molar-refractivity contribution in [1.82, 2.24) is 29.9 Å². The first-order valence-electron chi connectivity index (χ1n) is 6.05. The molecule has 2 aromatic heterocycles. The van der Waals surface area contributed by atoms with Crippen LogP contribution < -0.4 is 10.1 Å². The molecule has 21 heavy (non-hydrogen) atoms. The summed E-state index contributed by atoms with van der Waals surface area (Å²) in [6.45, 7) is -0.153. The summed E-state index contributed by atoms with van der Waals surface area (Å²) < 4.78 is 7.22. The maximum Gasteiger partial charge on any atom is 0.264 e. The number of rotatable bonds is 5. The fourth-order valence-electron chi connectivity index (χ4n) is 1.69. The lowest BCUT2D eigenvalue weighted by atomic mass is 10.3. The van der Waals surface area contributed by atoms with E-state index in [1.165, 1.54) is 6.33 Å². The SMILES string of the molecule is O=C(COc1ccccc1-n1cnnc1)Nc1ncn[nH]1. The van der Waals surface area contributed by atoms with Crippen LogP contribution >= 0.6 is 0 Å². The second-order valence-electron chi connectivity index (χ2n) is 4.01. The molecule has 2 N–H and O–H groups in total. The van der Waals surface area contributed by atoms with E-state index < -0.39 is 0 Å². The summed E-state index contributed by atoms with van der Waals surface area (Å²) in [5, 5.41) is 16.2. The van der Waals surface area contributed by atoms with E-state index >= 15 is 0 Å². The predicted molar refractivity (Wildman–Crippen MR) is 71.9 cm³/mol. The van der Waals surface area contributed by atoms with Crippen molar-refractivity contribution in [3.05, 3.63) is 43.2 Å². The lowest BCUT2D eigenvalue weighted by Crippen LogP contribution is -2.21. The van der Waals surface area contributed by atoms with Gasteiger partial charge < -0.3 is 4.74 Å². The van der Waals surface area contributed by atoms with Gasteiger partial charge in [0.1, 0.15) is 24.7 Å². The first-order chi connectivity index (χ1) is 10.3. The molecular formula is C12H11N7O2. The minimum absolute atomic E-state index is 0.153. The minimum Gasteiger partial charge on any atom is -0.482 e. The zero-order valence-electron chi connectivity index (χ0n) is 10.8. The van der Waals surface area contributed by atoms with E-state index in [1.54, 1.807) is 23.3 Å². The van der Waals surface area contributed by atoms with Crippen LogP contribution in [0.2, 0.25) is 0 Å². The van der Waals surface area contributed by atoms with E-state index in [-0.39, 0.29) is 18.5 Å². The Bertz CT molecular complexity index is 709. The third-order valence-electron chi connectivity index (χ3n) is 2.59. The average molecular weight is 285 g/mol. The van der Waals surface area contributed by atoms with Crippen molar-refractivity contribution in [2.45, 2.75) is 0 Å². The van der Waals surface area contributed by atoms with Crippen LogP contribution in [0, 0.1) is 0 Å². The summed E-state index contributed by atoms with van der Waals surface area (Å²) in [5.41, 5.74) is 0.745. The smallest absolute Gasteiger partial charge is 0.264 e. The van der Waals surface area contributed by atoms with Gasteiger partial charge in [-0.1, -0.05) is 12.1 Å². The third kappa shape index (κ3) is 3.03. The molecule has 106 valence electrons. The van der Waals surface area contributed by atoms with Gasteiger partial charge in [-0.2, -0.15) is 10.1 Å². The second kappa shape index (κ2) is 5.82. The summed E-state index contributed by atoms with van der Waals surface area (Å²) in [6.07, 6.45) is 4.41. The summed E-state index contributed by atoms with van der Waals surface area (Å²) in [6, 6.07) is 7.28. The number of para-hydroxylation sites is 2. The highest BCUT2D eigenvalue weighted by Crippen LogP contribution is 2.21. The highest BCUT2D eigenvalue weighted by atomic mass is 16.5. The molecule has 0 atom stereocenters. The number of hydrogen-bond acceptors (Lipinski definition) is 6. The highest BCUT2D eigenvalue weighted by molar-refractivity contribution is 5.90. The van der Waals surface area contributed by atoms with Crippen molar-refractivity contribution in [2.24, 2.45) is 0 Å². The van der Waals surface area contributed by atoms with Crippen LogP contribution in [0.25, 0.3) is 5.69 Å². The number of carbonyl (C=O) groups excluding carboxylic acids is 1. The van der Waals surface area contributed by atoms with E-state index in [2.05, 4.69) is 30.7 Å². The van der Waals surface area contributed by atoms with Crippen molar-refractivity contribution in [2.75, 3.05) is 11.9 Å². The Morgan fingerprint density at radius 1 is 1.29 bits per heavy atom. The van der Waals surface area contributed by atoms with Crippen LogP contribution in [-0.4, -0.2) is 42.5 Å². The van der Waals surface area contributed by atoms with Crippen molar-refractivity contribution in [3.63, 3.8) is 0 Å². The van der Waals surface area contributed by atoms with Crippen LogP contribution in [0.15, 0.2) is 43.2 Å². The highest BCUT2D eigenvalue weighted by Gasteiger charge is 2.09. The van der Waals surface area contributed by atoms with E-state index in [1.807, 2.05) is 18.2 Å². The van der Waals surface area contributed by atoms with Gasteiger partial charge in [-0.15, -0.1) is 10.2 Å². The Morgan fingerprint density at radius 3 is 2.86 bits per heavy atom. The zero-order chi connectivity index (χ0) is 14.5. The summed E-state index contributed by atoms with van der Waals surface area (Å²) in [4.78, 5) is 15.5. The largest absolute Gasteiger partial charge is 0.482 e. The average Bonchev–Trinajstić information content (AvgIpc) is 3.18.